The maximum Gasteiger partial charge on any atom is 0.228 e. The molecule has 2 saturated heterocycles. The van der Waals surface area contributed by atoms with E-state index in [9.17, 15) is 4.79 Å². The second-order valence-corrected chi connectivity index (χ2v) is 5.34. The van der Waals surface area contributed by atoms with Gasteiger partial charge in [-0.05, 0) is 38.3 Å². The molecule has 5 heteroatoms. The van der Waals surface area contributed by atoms with Gasteiger partial charge in [0.25, 0.3) is 0 Å². The summed E-state index contributed by atoms with van der Waals surface area (Å²) < 4.78 is 0. The number of carbonyl (C=O) groups is 1. The van der Waals surface area contributed by atoms with Crippen LogP contribution in [0.2, 0.25) is 0 Å². The topological polar surface area (TPSA) is 58.1 Å². The largest absolute Gasteiger partial charge is 0.356 e. The third kappa shape index (κ3) is 1.83. The van der Waals surface area contributed by atoms with Gasteiger partial charge in [0.2, 0.25) is 5.91 Å². The predicted octanol–water partition coefficient (Wildman–Crippen LogP) is 0.892. The summed E-state index contributed by atoms with van der Waals surface area (Å²) in [4.78, 5) is 14.2. The van der Waals surface area contributed by atoms with E-state index in [0.717, 1.165) is 50.4 Å². The molecule has 0 aromatic carbocycles. The van der Waals surface area contributed by atoms with Crippen LogP contribution in [0.5, 0.6) is 0 Å². The quantitative estimate of drug-likeness (QED) is 0.799. The summed E-state index contributed by atoms with van der Waals surface area (Å²) in [5.41, 5.74) is 0.731. The number of nitrogens with zero attached hydrogens (tertiary/aromatic N) is 3. The van der Waals surface area contributed by atoms with Crippen LogP contribution in [0.25, 0.3) is 0 Å². The third-order valence-corrected chi connectivity index (χ3v) is 4.06. The zero-order valence-electron chi connectivity index (χ0n) is 10.6. The van der Waals surface area contributed by atoms with Crippen LogP contribution in [-0.2, 0) is 4.79 Å². The number of carbonyl (C=O) groups excluding carboxylic acids is 1. The number of aromatic nitrogens is 2. The van der Waals surface area contributed by atoms with E-state index in [1.807, 2.05) is 19.1 Å². The van der Waals surface area contributed by atoms with Crippen LogP contribution < -0.4 is 10.2 Å². The summed E-state index contributed by atoms with van der Waals surface area (Å²) in [5.74, 6) is 1.10. The van der Waals surface area contributed by atoms with Crippen molar-refractivity contribution in [1.29, 1.82) is 0 Å². The number of rotatable bonds is 1. The van der Waals surface area contributed by atoms with Gasteiger partial charge in [0.1, 0.15) is 0 Å². The lowest BCUT2D eigenvalue weighted by molar-refractivity contribution is -0.128. The zero-order valence-corrected chi connectivity index (χ0v) is 10.6. The molecule has 3 heterocycles. The molecule has 2 aliphatic heterocycles. The lowest BCUT2D eigenvalue weighted by atomic mass is 9.78. The summed E-state index contributed by atoms with van der Waals surface area (Å²) in [6.45, 7) is 4.48. The molecule has 1 aromatic heterocycles. The van der Waals surface area contributed by atoms with E-state index in [0.29, 0.717) is 0 Å². The molecule has 1 N–H and O–H groups in total. The second-order valence-electron chi connectivity index (χ2n) is 5.34. The standard InChI is InChI=1S/C13H18N4O/c1-10-3-4-11(16-15-10)17-8-2-5-13(9-17)6-7-14-12(13)18/h3-4H,2,5-9H2,1H3,(H,14,18)/t13-/m0/s1. The van der Waals surface area contributed by atoms with Gasteiger partial charge in [0, 0.05) is 19.6 Å². The SMILES string of the molecule is Cc1ccc(N2CCC[C@]3(CCNC3=O)C2)nn1. The Labute approximate surface area is 107 Å². The number of hydrogen-bond donors (Lipinski definition) is 1. The molecule has 96 valence electrons. The molecule has 18 heavy (non-hydrogen) atoms. The lowest BCUT2D eigenvalue weighted by Crippen LogP contribution is -2.47. The fourth-order valence-corrected chi connectivity index (χ4v) is 2.99. The molecule has 5 nitrogen and oxygen atoms in total. The lowest BCUT2D eigenvalue weighted by Gasteiger charge is -2.38. The van der Waals surface area contributed by atoms with Crippen LogP contribution in [0, 0.1) is 12.3 Å². The zero-order chi connectivity index (χ0) is 12.6. The van der Waals surface area contributed by atoms with E-state index in [1.54, 1.807) is 0 Å². The highest BCUT2D eigenvalue weighted by Gasteiger charge is 2.45. The van der Waals surface area contributed by atoms with Crippen LogP contribution in [0.15, 0.2) is 12.1 Å². The van der Waals surface area contributed by atoms with Crippen molar-refractivity contribution in [3.8, 4) is 0 Å². The number of hydrogen-bond acceptors (Lipinski definition) is 4. The van der Waals surface area contributed by atoms with Gasteiger partial charge in [0.05, 0.1) is 11.1 Å². The number of amides is 1. The van der Waals surface area contributed by atoms with Gasteiger partial charge in [-0.1, -0.05) is 0 Å². The van der Waals surface area contributed by atoms with Gasteiger partial charge in [0.15, 0.2) is 5.82 Å². The Morgan fingerprint density at radius 2 is 2.22 bits per heavy atom. The van der Waals surface area contributed by atoms with Crippen molar-refractivity contribution in [2.24, 2.45) is 5.41 Å². The molecule has 1 aromatic rings. The average Bonchev–Trinajstić information content (AvgIpc) is 2.72. The Morgan fingerprint density at radius 1 is 1.33 bits per heavy atom. The monoisotopic (exact) mass is 246 g/mol. The second kappa shape index (κ2) is 4.23. The molecule has 1 spiro atoms. The number of nitrogens with one attached hydrogen (secondary N) is 1. The molecule has 0 bridgehead atoms. The molecule has 0 aliphatic carbocycles. The Hall–Kier alpha value is -1.65. The first-order valence-corrected chi connectivity index (χ1v) is 6.53. The molecule has 0 unspecified atom stereocenters. The minimum Gasteiger partial charge on any atom is -0.356 e. The summed E-state index contributed by atoms with van der Waals surface area (Å²) in [6.07, 6.45) is 2.99. The summed E-state index contributed by atoms with van der Waals surface area (Å²) >= 11 is 0. The summed E-state index contributed by atoms with van der Waals surface area (Å²) in [5, 5.41) is 11.3. The van der Waals surface area contributed by atoms with Crippen molar-refractivity contribution in [2.75, 3.05) is 24.5 Å². The highest BCUT2D eigenvalue weighted by atomic mass is 16.2. The first-order chi connectivity index (χ1) is 8.70. The maximum absolute atomic E-state index is 12.0. The van der Waals surface area contributed by atoms with E-state index < -0.39 is 0 Å². The van der Waals surface area contributed by atoms with Crippen LogP contribution in [0.3, 0.4) is 0 Å². The predicted molar refractivity (Wildman–Crippen MR) is 68.3 cm³/mol. The Bertz CT molecular complexity index is 459. The Kier molecular flexibility index (Phi) is 2.69. The summed E-state index contributed by atoms with van der Waals surface area (Å²) in [7, 11) is 0. The minimum absolute atomic E-state index is 0.190. The van der Waals surface area contributed by atoms with Gasteiger partial charge >= 0.3 is 0 Å². The first kappa shape index (κ1) is 11.4. The molecule has 1 atom stereocenters. The van der Waals surface area contributed by atoms with Crippen molar-refractivity contribution in [2.45, 2.75) is 26.2 Å². The molecule has 0 radical (unpaired) electrons. The van der Waals surface area contributed by atoms with E-state index in [4.69, 9.17) is 0 Å². The Balaban J connectivity index is 1.82. The average molecular weight is 246 g/mol. The molecular formula is C13H18N4O. The van der Waals surface area contributed by atoms with E-state index in [-0.39, 0.29) is 11.3 Å². The van der Waals surface area contributed by atoms with Crippen molar-refractivity contribution in [3.63, 3.8) is 0 Å². The van der Waals surface area contributed by atoms with Crippen molar-refractivity contribution >= 4 is 11.7 Å². The van der Waals surface area contributed by atoms with E-state index in [1.165, 1.54) is 0 Å². The smallest absolute Gasteiger partial charge is 0.228 e. The van der Waals surface area contributed by atoms with Crippen LogP contribution >= 0.6 is 0 Å². The molecule has 2 fully saturated rings. The van der Waals surface area contributed by atoms with Gasteiger partial charge in [-0.3, -0.25) is 4.79 Å². The summed E-state index contributed by atoms with van der Waals surface area (Å²) in [6, 6.07) is 3.96. The van der Waals surface area contributed by atoms with Crippen molar-refractivity contribution in [1.82, 2.24) is 15.5 Å². The maximum atomic E-state index is 12.0. The molecule has 3 rings (SSSR count). The number of piperidine rings is 1. The Morgan fingerprint density at radius 3 is 2.89 bits per heavy atom. The normalized spacial score (nSPS) is 27.6. The van der Waals surface area contributed by atoms with E-state index >= 15 is 0 Å². The van der Waals surface area contributed by atoms with Gasteiger partial charge in [-0.25, -0.2) is 0 Å². The fraction of sp³-hybridized carbons (Fsp3) is 0.615. The first-order valence-electron chi connectivity index (χ1n) is 6.53. The fourth-order valence-electron chi connectivity index (χ4n) is 2.99. The number of anilines is 1. The van der Waals surface area contributed by atoms with Gasteiger partial charge in [-0.15, -0.1) is 5.10 Å². The van der Waals surface area contributed by atoms with Crippen LogP contribution in [0.4, 0.5) is 5.82 Å². The highest BCUT2D eigenvalue weighted by Crippen LogP contribution is 2.37. The molecule has 2 aliphatic rings. The molecule has 0 saturated carbocycles. The van der Waals surface area contributed by atoms with Crippen molar-refractivity contribution < 1.29 is 4.79 Å². The molecule has 1 amide bonds. The van der Waals surface area contributed by atoms with Crippen LogP contribution in [0.1, 0.15) is 25.0 Å². The minimum atomic E-state index is -0.190. The van der Waals surface area contributed by atoms with Crippen LogP contribution in [-0.4, -0.2) is 35.7 Å². The highest BCUT2D eigenvalue weighted by molar-refractivity contribution is 5.85. The number of aryl methyl sites for hydroxylation is 1. The molecular weight excluding hydrogens is 228 g/mol. The van der Waals surface area contributed by atoms with Gasteiger partial charge in [-0.2, -0.15) is 5.10 Å². The van der Waals surface area contributed by atoms with Crippen molar-refractivity contribution in [3.05, 3.63) is 17.8 Å². The third-order valence-electron chi connectivity index (χ3n) is 4.06. The van der Waals surface area contributed by atoms with Gasteiger partial charge < -0.3 is 10.2 Å². The van der Waals surface area contributed by atoms with E-state index in [2.05, 4.69) is 20.4 Å².